The molecule has 1 aliphatic heterocycles. The number of alkyl halides is 7. The topological polar surface area (TPSA) is 190 Å². The van der Waals surface area contributed by atoms with Crippen molar-refractivity contribution in [3.05, 3.63) is 143 Å². The molecular formula is C52H46BrF10N13O3. The zero-order valence-corrected chi connectivity index (χ0v) is 43.0. The van der Waals surface area contributed by atoms with E-state index in [9.17, 15) is 35.9 Å². The van der Waals surface area contributed by atoms with Crippen molar-refractivity contribution < 1.29 is 58.2 Å². The van der Waals surface area contributed by atoms with Crippen molar-refractivity contribution in [2.75, 3.05) is 64.3 Å². The van der Waals surface area contributed by atoms with Crippen LogP contribution < -0.4 is 32.1 Å². The van der Waals surface area contributed by atoms with E-state index in [1.165, 1.54) is 33.8 Å². The second-order valence-corrected chi connectivity index (χ2v) is 19.1. The molecule has 414 valence electrons. The number of hydrogen-bond acceptors (Lipinski definition) is 10. The molecule has 0 radical (unpaired) electrons. The first-order chi connectivity index (χ1) is 37.7. The Morgan fingerprint density at radius 2 is 1.14 bits per heavy atom. The number of likely N-dealkylation sites (tertiary alicyclic amines) is 1. The summed E-state index contributed by atoms with van der Waals surface area (Å²) < 4.78 is 158. The van der Waals surface area contributed by atoms with Crippen LogP contribution in [-0.2, 0) is 29.9 Å². The molecule has 4 amide bonds. The highest BCUT2D eigenvalue weighted by Crippen LogP contribution is 2.40. The van der Waals surface area contributed by atoms with E-state index in [-0.39, 0.29) is 73.1 Å². The number of carbonyl (C=O) groups excluding carboxylic acids is 2. The lowest BCUT2D eigenvalue weighted by atomic mass is 10.0. The fourth-order valence-electron chi connectivity index (χ4n) is 9.58. The summed E-state index contributed by atoms with van der Waals surface area (Å²) in [4.78, 5) is 40.2. The number of fused-ring (bicyclic) bond motifs is 2. The first kappa shape index (κ1) is 55.7. The third-order valence-corrected chi connectivity index (χ3v) is 13.8. The lowest BCUT2D eigenvalue weighted by Gasteiger charge is -2.35. The van der Waals surface area contributed by atoms with Gasteiger partial charge in [-0.05, 0) is 136 Å². The van der Waals surface area contributed by atoms with E-state index < -0.39 is 81.6 Å². The number of nitrogens with zero attached hydrogens (tertiary/aromatic N) is 9. The molecule has 79 heavy (non-hydrogen) atoms. The summed E-state index contributed by atoms with van der Waals surface area (Å²) in [6, 6.07) is 7.69. The number of hydrogen-bond donors (Lipinski definition) is 4. The quantitative estimate of drug-likeness (QED) is 0.0437. The van der Waals surface area contributed by atoms with Crippen LogP contribution in [0.25, 0.3) is 33.3 Å². The molecule has 0 spiro atoms. The van der Waals surface area contributed by atoms with Crippen LogP contribution in [0, 0.1) is 23.3 Å². The number of methoxy groups -OCH3 is 1. The number of aromatic nitrogens is 6. The average molecular weight is 1170 g/mol. The van der Waals surface area contributed by atoms with E-state index in [1.54, 1.807) is 19.2 Å². The number of carbonyl (C=O) groups is 2. The van der Waals surface area contributed by atoms with E-state index >= 15 is 17.6 Å². The van der Waals surface area contributed by atoms with Gasteiger partial charge in [-0.25, -0.2) is 46.1 Å². The van der Waals surface area contributed by atoms with Crippen molar-refractivity contribution in [2.24, 2.45) is 0 Å². The third-order valence-electron chi connectivity index (χ3n) is 13.2. The Morgan fingerprint density at radius 1 is 0.671 bits per heavy atom. The van der Waals surface area contributed by atoms with Gasteiger partial charge in [0.2, 0.25) is 0 Å². The van der Waals surface area contributed by atoms with Crippen LogP contribution >= 0.6 is 15.9 Å². The summed E-state index contributed by atoms with van der Waals surface area (Å²) in [7, 11) is 1.64. The highest BCUT2D eigenvalue weighted by Gasteiger charge is 2.38. The fraction of sp³-hybridized carbons (Fsp3) is 0.269. The van der Waals surface area contributed by atoms with Gasteiger partial charge < -0.3 is 26.8 Å². The number of halogens is 11. The number of aryl methyl sites for hydroxylation is 2. The molecule has 1 aliphatic rings. The van der Waals surface area contributed by atoms with E-state index in [2.05, 4.69) is 41.0 Å². The number of hydrazine groups is 1. The zero-order chi connectivity index (χ0) is 56.5. The minimum atomic E-state index is -5.10. The molecule has 5 heterocycles. The molecule has 1 atom stereocenters. The molecule has 16 nitrogen and oxygen atoms in total. The number of benzene rings is 4. The second-order valence-electron chi connectivity index (χ2n) is 18.3. The van der Waals surface area contributed by atoms with Crippen LogP contribution in [0.5, 0.6) is 0 Å². The Kier molecular flexibility index (Phi) is 16.0. The predicted octanol–water partition coefficient (Wildman–Crippen LogP) is 11.9. The van der Waals surface area contributed by atoms with E-state index in [0.717, 1.165) is 43.7 Å². The van der Waals surface area contributed by atoms with Crippen molar-refractivity contribution in [3.8, 4) is 22.3 Å². The first-order valence-electron chi connectivity index (χ1n) is 24.2. The Morgan fingerprint density at radius 3 is 1.57 bits per heavy atom. The lowest BCUT2D eigenvalue weighted by molar-refractivity contribution is -0.138. The summed E-state index contributed by atoms with van der Waals surface area (Å²) in [5.41, 5.74) is 7.81. The molecule has 6 N–H and O–H groups in total. The van der Waals surface area contributed by atoms with Gasteiger partial charge >= 0.3 is 24.4 Å². The Hall–Kier alpha value is -8.04. The number of nitrogen functional groups attached to an aromatic ring is 2. The number of ether oxygens (including phenoxy) is 1. The molecule has 0 unspecified atom stereocenters. The summed E-state index contributed by atoms with van der Waals surface area (Å²) in [6.07, 6.45) is -3.61. The Labute approximate surface area is 451 Å². The minimum absolute atomic E-state index is 0.0214. The van der Waals surface area contributed by atoms with Gasteiger partial charge in [-0.3, -0.25) is 4.90 Å². The monoisotopic (exact) mass is 1170 g/mol. The molecule has 0 aliphatic carbocycles. The predicted molar refractivity (Wildman–Crippen MR) is 278 cm³/mol. The number of nitrogens with one attached hydrogen (secondary N) is 2. The van der Waals surface area contributed by atoms with Crippen LogP contribution in [0.1, 0.15) is 48.2 Å². The highest BCUT2D eigenvalue weighted by atomic mass is 79.9. The molecule has 8 aromatic rings. The summed E-state index contributed by atoms with van der Waals surface area (Å²) in [6.45, 7) is 2.16. The summed E-state index contributed by atoms with van der Waals surface area (Å²) >= 11 is 3.38. The van der Waals surface area contributed by atoms with Crippen molar-refractivity contribution in [1.29, 1.82) is 0 Å². The van der Waals surface area contributed by atoms with Gasteiger partial charge in [0, 0.05) is 41.0 Å². The van der Waals surface area contributed by atoms with Gasteiger partial charge in [-0.2, -0.15) is 46.6 Å². The fourth-order valence-corrected chi connectivity index (χ4v) is 9.86. The van der Waals surface area contributed by atoms with Crippen LogP contribution in [-0.4, -0.2) is 84.3 Å². The van der Waals surface area contributed by atoms with Crippen LogP contribution in [0.15, 0.2) is 97.6 Å². The average Bonchev–Trinajstić information content (AvgIpc) is 4.38. The Bertz CT molecular complexity index is 3590. The van der Waals surface area contributed by atoms with Crippen molar-refractivity contribution in [3.63, 3.8) is 0 Å². The van der Waals surface area contributed by atoms with Gasteiger partial charge in [0.25, 0.3) is 0 Å². The van der Waals surface area contributed by atoms with E-state index in [0.29, 0.717) is 79.8 Å². The second kappa shape index (κ2) is 22.7. The maximum absolute atomic E-state index is 17.4. The number of anilines is 6. The largest absolute Gasteiger partial charge is 0.416 e. The van der Waals surface area contributed by atoms with Gasteiger partial charge in [0.05, 0.1) is 29.1 Å². The maximum Gasteiger partial charge on any atom is 0.416 e. The smallest absolute Gasteiger partial charge is 0.383 e. The van der Waals surface area contributed by atoms with Crippen molar-refractivity contribution in [1.82, 2.24) is 34.1 Å². The molecule has 4 aromatic heterocycles. The first-order valence-corrected chi connectivity index (χ1v) is 25.4. The third kappa shape index (κ3) is 11.6. The normalized spacial score (nSPS) is 14.1. The zero-order valence-electron chi connectivity index (χ0n) is 41.4. The Balaban J connectivity index is 1.19. The lowest BCUT2D eigenvalue weighted by Crippen LogP contribution is -2.54. The molecule has 1 fully saturated rings. The van der Waals surface area contributed by atoms with Gasteiger partial charge in [-0.15, -0.1) is 0 Å². The number of nitrogens with two attached hydrogens (primary N) is 2. The molecule has 1 saturated heterocycles. The SMILES string of the molecule is COC[C@@H]1CCCN1CCCc1cc(-c2ccc(N(C(=O)Nc3cc(C(F)(F)F)ccc3F)N(C(=O)Nc3cc(C(F)(F)F)ccc3F)c3ccc(-c4cc(CCCBr)n5ncnc(N)c45)cc3F)c(F)c2)c2c(N)ncnn12. The van der Waals surface area contributed by atoms with Crippen LogP contribution in [0.3, 0.4) is 0 Å². The van der Waals surface area contributed by atoms with Crippen molar-refractivity contribution in [2.45, 2.75) is 56.9 Å². The molecular weight excluding hydrogens is 1120 g/mol. The van der Waals surface area contributed by atoms with Crippen molar-refractivity contribution >= 4 is 73.4 Å². The molecule has 27 heteroatoms. The minimum Gasteiger partial charge on any atom is -0.383 e. The standard InChI is InChI=1S/C52H46BrF10N13O3/c1-79-25-34-7-4-18-72(34)17-3-6-33-24-36(46-48(65)67-27-69-74(33)46)29-9-15-44(40(57)20-29)76(50(78)71-42-22-31(52(61,62)63)11-13-38(42)55)75(49(77)70-41-21-30(51(58,59)60)10-12-37(41)54)43-14-8-28(19-39(43)56)35-23-32(5-2-16-53)73-45(35)47(64)66-26-68-73/h8-15,19-24,26-27,34H,2-7,16-18,25H2,1H3,(H,70,77)(H,71,78)(H2,64,66,68)(H2,65,67,69)/t34-/m0/s1. The summed E-state index contributed by atoms with van der Waals surface area (Å²) in [5.74, 6) is -5.78. The maximum atomic E-state index is 17.4. The molecule has 0 bridgehead atoms. The molecule has 0 saturated carbocycles. The van der Waals surface area contributed by atoms with Gasteiger partial charge in [0.15, 0.2) is 11.6 Å². The summed E-state index contributed by atoms with van der Waals surface area (Å²) in [5, 5.41) is 13.1. The highest BCUT2D eigenvalue weighted by molar-refractivity contribution is 9.09. The molecule has 9 rings (SSSR count). The van der Waals surface area contributed by atoms with Crippen LogP contribution in [0.2, 0.25) is 0 Å². The number of rotatable bonds is 15. The van der Waals surface area contributed by atoms with Gasteiger partial charge in [-0.1, -0.05) is 28.1 Å². The number of urea groups is 2. The van der Waals surface area contributed by atoms with E-state index in [1.807, 2.05) is 10.6 Å². The molecule has 4 aromatic carbocycles. The van der Waals surface area contributed by atoms with Gasteiger partial charge in [0.1, 0.15) is 58.3 Å². The number of amides is 4. The van der Waals surface area contributed by atoms with Crippen LogP contribution in [0.4, 0.5) is 87.9 Å². The van der Waals surface area contributed by atoms with E-state index in [4.69, 9.17) is 16.2 Å².